The van der Waals surface area contributed by atoms with Crippen LogP contribution in [0.4, 0.5) is 11.5 Å². The second kappa shape index (κ2) is 6.19. The van der Waals surface area contributed by atoms with Crippen molar-refractivity contribution in [1.82, 2.24) is 9.97 Å². The Hall–Kier alpha value is -1.66. The van der Waals surface area contributed by atoms with Crippen LogP contribution in [-0.4, -0.2) is 36.3 Å². The van der Waals surface area contributed by atoms with Gasteiger partial charge in [0, 0.05) is 24.2 Å². The van der Waals surface area contributed by atoms with Crippen LogP contribution in [-0.2, 0) is 11.3 Å². The standard InChI is InChI=1S/C14H18N4OS/c1-11-15-9-13(20-11)10-16-12-2-3-14(17-8-12)18-4-6-19-7-5-18/h2-3,8-9,16H,4-7,10H2,1H3. The monoisotopic (exact) mass is 290 g/mol. The molecule has 0 radical (unpaired) electrons. The molecule has 106 valence electrons. The van der Waals surface area contributed by atoms with Crippen molar-refractivity contribution in [2.24, 2.45) is 0 Å². The summed E-state index contributed by atoms with van der Waals surface area (Å²) in [5.74, 6) is 1.02. The van der Waals surface area contributed by atoms with Crippen LogP contribution in [0, 0.1) is 6.92 Å². The molecule has 1 fully saturated rings. The van der Waals surface area contributed by atoms with E-state index in [9.17, 15) is 0 Å². The van der Waals surface area contributed by atoms with E-state index in [-0.39, 0.29) is 0 Å². The Kier molecular flexibility index (Phi) is 4.13. The zero-order chi connectivity index (χ0) is 13.8. The van der Waals surface area contributed by atoms with Gasteiger partial charge >= 0.3 is 0 Å². The molecule has 1 aliphatic rings. The number of ether oxygens (including phenoxy) is 1. The normalized spacial score (nSPS) is 15.3. The minimum absolute atomic E-state index is 0.784. The maximum absolute atomic E-state index is 5.35. The molecule has 2 aromatic rings. The van der Waals surface area contributed by atoms with Gasteiger partial charge in [-0.15, -0.1) is 11.3 Å². The van der Waals surface area contributed by atoms with E-state index in [0.717, 1.165) is 49.4 Å². The highest BCUT2D eigenvalue weighted by molar-refractivity contribution is 7.11. The highest BCUT2D eigenvalue weighted by Gasteiger charge is 2.11. The molecule has 0 aromatic carbocycles. The fourth-order valence-corrected chi connectivity index (χ4v) is 2.88. The summed E-state index contributed by atoms with van der Waals surface area (Å²) in [4.78, 5) is 12.2. The lowest BCUT2D eigenvalue weighted by atomic mass is 10.3. The molecule has 20 heavy (non-hydrogen) atoms. The molecule has 0 aliphatic carbocycles. The summed E-state index contributed by atoms with van der Waals surface area (Å²) in [6.45, 7) is 6.22. The lowest BCUT2D eigenvalue weighted by Gasteiger charge is -2.27. The fraction of sp³-hybridized carbons (Fsp3) is 0.429. The molecule has 0 spiro atoms. The second-order valence-corrected chi connectivity index (χ2v) is 6.02. The first-order valence-corrected chi connectivity index (χ1v) is 7.57. The van der Waals surface area contributed by atoms with E-state index < -0.39 is 0 Å². The van der Waals surface area contributed by atoms with Gasteiger partial charge in [0.1, 0.15) is 5.82 Å². The van der Waals surface area contributed by atoms with E-state index in [0.29, 0.717) is 0 Å². The topological polar surface area (TPSA) is 50.3 Å². The first kappa shape index (κ1) is 13.3. The van der Waals surface area contributed by atoms with Gasteiger partial charge in [0.15, 0.2) is 0 Å². The van der Waals surface area contributed by atoms with E-state index in [1.165, 1.54) is 4.88 Å². The molecule has 2 aromatic heterocycles. The van der Waals surface area contributed by atoms with Gasteiger partial charge in [-0.2, -0.15) is 0 Å². The molecule has 1 aliphatic heterocycles. The van der Waals surface area contributed by atoms with Crippen LogP contribution in [0.15, 0.2) is 24.5 Å². The fourth-order valence-electron chi connectivity index (χ4n) is 2.15. The minimum Gasteiger partial charge on any atom is -0.379 e. The maximum Gasteiger partial charge on any atom is 0.128 e. The Morgan fingerprint density at radius 2 is 2.10 bits per heavy atom. The number of hydrogen-bond acceptors (Lipinski definition) is 6. The van der Waals surface area contributed by atoms with Crippen LogP contribution in [0.3, 0.4) is 0 Å². The largest absolute Gasteiger partial charge is 0.379 e. The molecule has 6 heteroatoms. The molecule has 1 N–H and O–H groups in total. The Bertz CT molecular complexity index is 549. The molecule has 3 rings (SSSR count). The molecular formula is C14H18N4OS. The first-order valence-electron chi connectivity index (χ1n) is 6.75. The quantitative estimate of drug-likeness (QED) is 0.936. The van der Waals surface area contributed by atoms with E-state index >= 15 is 0 Å². The predicted octanol–water partition coefficient (Wildman–Crippen LogP) is 2.30. The average Bonchev–Trinajstić information content (AvgIpc) is 2.92. The smallest absolute Gasteiger partial charge is 0.128 e. The Morgan fingerprint density at radius 3 is 2.75 bits per heavy atom. The van der Waals surface area contributed by atoms with Crippen LogP contribution in [0.25, 0.3) is 0 Å². The molecular weight excluding hydrogens is 272 g/mol. The molecule has 0 atom stereocenters. The third kappa shape index (κ3) is 3.26. The van der Waals surface area contributed by atoms with Crippen LogP contribution in [0.1, 0.15) is 9.88 Å². The highest BCUT2D eigenvalue weighted by Crippen LogP contribution is 2.17. The van der Waals surface area contributed by atoms with Crippen molar-refractivity contribution in [3.05, 3.63) is 34.4 Å². The van der Waals surface area contributed by atoms with Gasteiger partial charge in [-0.05, 0) is 19.1 Å². The summed E-state index contributed by atoms with van der Waals surface area (Å²) in [6.07, 6.45) is 3.81. The summed E-state index contributed by atoms with van der Waals surface area (Å²) in [6, 6.07) is 4.14. The minimum atomic E-state index is 0.784. The van der Waals surface area contributed by atoms with Crippen molar-refractivity contribution >= 4 is 22.8 Å². The van der Waals surface area contributed by atoms with Crippen LogP contribution < -0.4 is 10.2 Å². The van der Waals surface area contributed by atoms with Crippen molar-refractivity contribution in [2.75, 3.05) is 36.5 Å². The van der Waals surface area contributed by atoms with Crippen LogP contribution in [0.5, 0.6) is 0 Å². The van der Waals surface area contributed by atoms with Gasteiger partial charge in [-0.25, -0.2) is 9.97 Å². The van der Waals surface area contributed by atoms with Gasteiger partial charge in [-0.1, -0.05) is 0 Å². The molecule has 3 heterocycles. The van der Waals surface area contributed by atoms with Crippen molar-refractivity contribution in [2.45, 2.75) is 13.5 Å². The third-order valence-corrected chi connectivity index (χ3v) is 4.13. The third-order valence-electron chi connectivity index (χ3n) is 3.22. The van der Waals surface area contributed by atoms with Gasteiger partial charge in [0.2, 0.25) is 0 Å². The molecule has 0 unspecified atom stereocenters. The number of morpholine rings is 1. The molecule has 0 bridgehead atoms. The Labute approximate surface area is 122 Å². The Morgan fingerprint density at radius 1 is 1.25 bits per heavy atom. The van der Waals surface area contributed by atoms with Gasteiger partial charge in [0.25, 0.3) is 0 Å². The molecule has 5 nitrogen and oxygen atoms in total. The lowest BCUT2D eigenvalue weighted by molar-refractivity contribution is 0.122. The van der Waals surface area contributed by atoms with E-state index in [1.54, 1.807) is 11.3 Å². The van der Waals surface area contributed by atoms with Crippen molar-refractivity contribution in [1.29, 1.82) is 0 Å². The predicted molar refractivity (Wildman–Crippen MR) is 81.4 cm³/mol. The number of thiazole rings is 1. The number of aromatic nitrogens is 2. The van der Waals surface area contributed by atoms with Crippen molar-refractivity contribution < 1.29 is 4.74 Å². The molecule has 0 amide bonds. The summed E-state index contributed by atoms with van der Waals surface area (Å²) in [5.41, 5.74) is 1.04. The van der Waals surface area contributed by atoms with Crippen molar-refractivity contribution in [3.8, 4) is 0 Å². The summed E-state index contributed by atoms with van der Waals surface area (Å²) < 4.78 is 5.35. The maximum atomic E-state index is 5.35. The van der Waals surface area contributed by atoms with Crippen LogP contribution >= 0.6 is 11.3 Å². The zero-order valence-corrected chi connectivity index (χ0v) is 12.3. The number of pyridine rings is 1. The summed E-state index contributed by atoms with van der Waals surface area (Å²) in [5, 5.41) is 4.47. The van der Waals surface area contributed by atoms with Gasteiger partial charge in [0.05, 0.1) is 36.7 Å². The Balaban J connectivity index is 1.58. The van der Waals surface area contributed by atoms with E-state index in [2.05, 4.69) is 32.3 Å². The SMILES string of the molecule is Cc1ncc(CNc2ccc(N3CCOCC3)nc2)s1. The zero-order valence-electron chi connectivity index (χ0n) is 11.5. The second-order valence-electron chi connectivity index (χ2n) is 4.70. The van der Waals surface area contributed by atoms with Crippen molar-refractivity contribution in [3.63, 3.8) is 0 Å². The number of nitrogens with zero attached hydrogens (tertiary/aromatic N) is 3. The lowest BCUT2D eigenvalue weighted by Crippen LogP contribution is -2.36. The van der Waals surface area contributed by atoms with Gasteiger partial charge in [-0.3, -0.25) is 0 Å². The van der Waals surface area contributed by atoms with E-state index in [4.69, 9.17) is 4.74 Å². The number of nitrogens with one attached hydrogen (secondary N) is 1. The number of hydrogen-bond donors (Lipinski definition) is 1. The summed E-state index contributed by atoms with van der Waals surface area (Å²) >= 11 is 1.72. The number of aryl methyl sites for hydroxylation is 1. The first-order chi connectivity index (χ1) is 9.81. The average molecular weight is 290 g/mol. The molecule has 1 saturated heterocycles. The van der Waals surface area contributed by atoms with Gasteiger partial charge < -0.3 is 15.0 Å². The van der Waals surface area contributed by atoms with E-state index in [1.807, 2.05) is 19.3 Å². The number of rotatable bonds is 4. The molecule has 0 saturated carbocycles. The highest BCUT2D eigenvalue weighted by atomic mass is 32.1. The summed E-state index contributed by atoms with van der Waals surface area (Å²) in [7, 11) is 0. The number of anilines is 2. The van der Waals surface area contributed by atoms with Crippen LogP contribution in [0.2, 0.25) is 0 Å².